The van der Waals surface area contributed by atoms with Gasteiger partial charge in [0.15, 0.2) is 6.61 Å². The Balaban J connectivity index is 1.63. The molecular weight excluding hydrogens is 276 g/mol. The summed E-state index contributed by atoms with van der Waals surface area (Å²) in [6, 6.07) is 9.98. The van der Waals surface area contributed by atoms with Crippen molar-refractivity contribution in [2.45, 2.75) is 32.1 Å². The van der Waals surface area contributed by atoms with Gasteiger partial charge in [0.2, 0.25) is 0 Å². The fourth-order valence-corrected chi connectivity index (χ4v) is 4.09. The van der Waals surface area contributed by atoms with Crippen LogP contribution in [0.1, 0.15) is 31.2 Å². The first-order valence-electron chi connectivity index (χ1n) is 7.83. The van der Waals surface area contributed by atoms with Crippen LogP contribution in [-0.2, 0) is 20.7 Å². The van der Waals surface area contributed by atoms with Crippen molar-refractivity contribution < 1.29 is 14.3 Å². The topological polar surface area (TPSA) is 43.4 Å². The summed E-state index contributed by atoms with van der Waals surface area (Å²) in [6.45, 7) is -0.00567. The molecular formula is C19H20O3. The van der Waals surface area contributed by atoms with Crippen LogP contribution in [0.4, 0.5) is 0 Å². The average molecular weight is 296 g/mol. The Morgan fingerprint density at radius 1 is 1.27 bits per heavy atom. The number of esters is 1. The van der Waals surface area contributed by atoms with E-state index in [1.165, 1.54) is 0 Å². The third-order valence-electron chi connectivity index (χ3n) is 5.16. The van der Waals surface area contributed by atoms with Gasteiger partial charge in [-0.25, -0.2) is 0 Å². The molecule has 0 aromatic heterocycles. The van der Waals surface area contributed by atoms with Crippen molar-refractivity contribution in [2.75, 3.05) is 6.61 Å². The molecule has 0 radical (unpaired) electrons. The maximum absolute atomic E-state index is 12.7. The lowest BCUT2D eigenvalue weighted by atomic mass is 9.63. The predicted octanol–water partition coefficient (Wildman–Crippen LogP) is 2.78. The molecule has 1 atom stereocenters. The summed E-state index contributed by atoms with van der Waals surface area (Å²) in [7, 11) is 0. The first-order chi connectivity index (χ1) is 10.7. The van der Waals surface area contributed by atoms with E-state index in [4.69, 9.17) is 11.2 Å². The van der Waals surface area contributed by atoms with Crippen molar-refractivity contribution in [1.82, 2.24) is 0 Å². The molecule has 0 saturated heterocycles. The van der Waals surface area contributed by atoms with Crippen LogP contribution in [0.25, 0.3) is 0 Å². The molecule has 3 heteroatoms. The smallest absolute Gasteiger partial charge is 0.310 e. The molecule has 0 heterocycles. The van der Waals surface area contributed by atoms with Crippen molar-refractivity contribution in [3.63, 3.8) is 0 Å². The largest absolute Gasteiger partial charge is 0.452 e. The number of ketones is 1. The third-order valence-corrected chi connectivity index (χ3v) is 5.16. The number of carbonyl (C=O) groups is 2. The minimum absolute atomic E-state index is 0.00567. The lowest BCUT2D eigenvalue weighted by Gasteiger charge is -2.39. The van der Waals surface area contributed by atoms with E-state index in [0.717, 1.165) is 31.2 Å². The fourth-order valence-electron chi connectivity index (χ4n) is 4.09. The van der Waals surface area contributed by atoms with Crippen molar-refractivity contribution in [3.05, 3.63) is 35.9 Å². The highest BCUT2D eigenvalue weighted by Crippen LogP contribution is 2.63. The maximum Gasteiger partial charge on any atom is 0.310 e. The minimum Gasteiger partial charge on any atom is -0.452 e. The number of hydrogen-bond acceptors (Lipinski definition) is 3. The zero-order chi connectivity index (χ0) is 15.6. The van der Waals surface area contributed by atoms with Crippen LogP contribution in [-0.4, -0.2) is 18.4 Å². The first-order valence-corrected chi connectivity index (χ1v) is 7.83. The van der Waals surface area contributed by atoms with Crippen molar-refractivity contribution in [1.29, 1.82) is 0 Å². The van der Waals surface area contributed by atoms with Gasteiger partial charge in [-0.3, -0.25) is 9.59 Å². The van der Waals surface area contributed by atoms with Gasteiger partial charge in [-0.15, -0.1) is 6.42 Å². The van der Waals surface area contributed by atoms with E-state index in [1.807, 2.05) is 30.3 Å². The molecule has 0 amide bonds. The van der Waals surface area contributed by atoms with Crippen molar-refractivity contribution in [3.8, 4) is 12.3 Å². The molecule has 1 aromatic rings. The van der Waals surface area contributed by atoms with E-state index < -0.39 is 5.41 Å². The lowest BCUT2D eigenvalue weighted by Crippen LogP contribution is -2.43. The van der Waals surface area contributed by atoms with Crippen LogP contribution in [0.3, 0.4) is 0 Å². The van der Waals surface area contributed by atoms with Gasteiger partial charge in [-0.2, -0.15) is 0 Å². The minimum atomic E-state index is -0.467. The highest BCUT2D eigenvalue weighted by molar-refractivity contribution is 5.92. The number of fused-ring (bicyclic) bond motifs is 1. The van der Waals surface area contributed by atoms with E-state index in [1.54, 1.807) is 0 Å². The van der Waals surface area contributed by atoms with E-state index in [9.17, 15) is 9.59 Å². The number of aryl methyl sites for hydroxylation is 1. The molecule has 1 aromatic carbocycles. The lowest BCUT2D eigenvalue weighted by molar-refractivity contribution is -0.155. The predicted molar refractivity (Wildman–Crippen MR) is 82.8 cm³/mol. The second-order valence-electron chi connectivity index (χ2n) is 6.44. The summed E-state index contributed by atoms with van der Waals surface area (Å²) < 4.78 is 5.08. The van der Waals surface area contributed by atoms with Crippen LogP contribution < -0.4 is 0 Å². The number of ether oxygens (including phenoxy) is 1. The summed E-state index contributed by atoms with van der Waals surface area (Å²) in [6.07, 6.45) is 8.83. The highest BCUT2D eigenvalue weighted by atomic mass is 16.5. The number of terminal acetylenes is 1. The van der Waals surface area contributed by atoms with Gasteiger partial charge >= 0.3 is 5.97 Å². The fraction of sp³-hybridized carbons (Fsp3) is 0.474. The van der Waals surface area contributed by atoms with Gasteiger partial charge in [0, 0.05) is 11.8 Å². The van der Waals surface area contributed by atoms with Crippen LogP contribution in [0.15, 0.2) is 30.3 Å². The highest BCUT2D eigenvalue weighted by Gasteiger charge is 2.63. The molecule has 4 rings (SSSR count). The number of Topliss-reactive ketones (excluding diaryl/α,β-unsaturated/α-hetero) is 1. The standard InChI is InChI=1S/C19H20O3/c1-2-10-22-18(21)16-11-15-12-19(16,13-15)17(20)9-8-14-6-4-3-5-7-14/h1,3-7,15-16H,8-13H2. The number of hydrogen-bond donors (Lipinski definition) is 0. The number of rotatable bonds is 6. The molecule has 3 fully saturated rings. The summed E-state index contributed by atoms with van der Waals surface area (Å²) in [4.78, 5) is 24.9. The summed E-state index contributed by atoms with van der Waals surface area (Å²) >= 11 is 0. The zero-order valence-electron chi connectivity index (χ0n) is 12.6. The molecule has 2 bridgehead atoms. The molecule has 0 aliphatic heterocycles. The molecule has 114 valence electrons. The summed E-state index contributed by atoms with van der Waals surface area (Å²) in [5.74, 6) is 2.46. The molecule has 3 nitrogen and oxygen atoms in total. The Kier molecular flexibility index (Phi) is 4.02. The quantitative estimate of drug-likeness (QED) is 0.599. The molecule has 1 unspecified atom stereocenters. The number of carbonyl (C=O) groups excluding carboxylic acids is 2. The van der Waals surface area contributed by atoms with Gasteiger partial charge in [0.05, 0.1) is 5.92 Å². The molecule has 3 aliphatic rings. The maximum atomic E-state index is 12.7. The van der Waals surface area contributed by atoms with Crippen LogP contribution in [0.2, 0.25) is 0 Å². The van der Waals surface area contributed by atoms with E-state index in [-0.39, 0.29) is 24.3 Å². The third kappa shape index (κ3) is 2.54. The normalized spacial score (nSPS) is 28.5. The van der Waals surface area contributed by atoms with E-state index >= 15 is 0 Å². The Morgan fingerprint density at radius 2 is 2.00 bits per heavy atom. The Morgan fingerprint density at radius 3 is 2.68 bits per heavy atom. The molecule has 3 aliphatic carbocycles. The molecule has 0 N–H and O–H groups in total. The molecule has 0 spiro atoms. The van der Waals surface area contributed by atoms with Gasteiger partial charge in [-0.1, -0.05) is 36.3 Å². The molecule has 22 heavy (non-hydrogen) atoms. The Bertz CT molecular complexity index is 605. The monoisotopic (exact) mass is 296 g/mol. The zero-order valence-corrected chi connectivity index (χ0v) is 12.6. The van der Waals surface area contributed by atoms with Crippen LogP contribution in [0.5, 0.6) is 0 Å². The SMILES string of the molecule is C#CCOC(=O)C1CC2CC1(C(=O)CCc1ccccc1)C2. The van der Waals surface area contributed by atoms with Crippen molar-refractivity contribution >= 4 is 11.8 Å². The Hall–Kier alpha value is -2.08. The van der Waals surface area contributed by atoms with E-state index in [2.05, 4.69) is 5.92 Å². The summed E-state index contributed by atoms with van der Waals surface area (Å²) in [5, 5.41) is 0. The van der Waals surface area contributed by atoms with Crippen LogP contribution in [0, 0.1) is 29.6 Å². The van der Waals surface area contributed by atoms with Gasteiger partial charge < -0.3 is 4.74 Å². The van der Waals surface area contributed by atoms with Crippen LogP contribution >= 0.6 is 0 Å². The first kappa shape index (κ1) is 14.8. The van der Waals surface area contributed by atoms with Gasteiger partial charge in [0.1, 0.15) is 5.78 Å². The van der Waals surface area contributed by atoms with Gasteiger partial charge in [0.25, 0.3) is 0 Å². The number of benzene rings is 1. The van der Waals surface area contributed by atoms with Gasteiger partial charge in [-0.05, 0) is 37.2 Å². The Labute approximate surface area is 131 Å². The average Bonchev–Trinajstić information content (AvgIpc) is 3.07. The second kappa shape index (κ2) is 5.96. The molecule has 3 saturated carbocycles. The second-order valence-corrected chi connectivity index (χ2v) is 6.44. The van der Waals surface area contributed by atoms with Crippen molar-refractivity contribution in [2.24, 2.45) is 17.3 Å². The summed E-state index contributed by atoms with van der Waals surface area (Å²) in [5.41, 5.74) is 0.693. The van der Waals surface area contributed by atoms with E-state index in [0.29, 0.717) is 12.3 Å².